The lowest BCUT2D eigenvalue weighted by Crippen LogP contribution is -2.26. The maximum absolute atomic E-state index is 13.7. The standard InChI is InChI=1S/C14H21FN2O/c1-5-18-11(2)8-10-17(4)12(3)14-13(15)7-6-9-16-14/h6,8-11,13H,3,5,7H2,1-2,4H3. The highest BCUT2D eigenvalue weighted by Crippen LogP contribution is 2.16. The molecule has 4 heteroatoms. The molecule has 0 spiro atoms. The van der Waals surface area contributed by atoms with Crippen molar-refractivity contribution in [3.63, 3.8) is 0 Å². The van der Waals surface area contributed by atoms with Gasteiger partial charge in [-0.15, -0.1) is 0 Å². The van der Waals surface area contributed by atoms with Crippen molar-refractivity contribution in [3.8, 4) is 0 Å². The molecule has 18 heavy (non-hydrogen) atoms. The number of hydrogen-bond donors (Lipinski definition) is 0. The summed E-state index contributed by atoms with van der Waals surface area (Å²) in [6.07, 6.45) is 6.40. The number of alkyl halides is 1. The van der Waals surface area contributed by atoms with E-state index in [1.165, 1.54) is 0 Å². The normalized spacial score (nSPS) is 20.9. The van der Waals surface area contributed by atoms with Gasteiger partial charge in [-0.1, -0.05) is 12.7 Å². The Morgan fingerprint density at radius 2 is 2.50 bits per heavy atom. The number of nitrogens with zero attached hydrogens (tertiary/aromatic N) is 2. The maximum atomic E-state index is 13.7. The summed E-state index contributed by atoms with van der Waals surface area (Å²) in [7, 11) is 1.82. The number of ether oxygens (including phenoxy) is 1. The summed E-state index contributed by atoms with van der Waals surface area (Å²) in [6, 6.07) is 0. The van der Waals surface area contributed by atoms with Gasteiger partial charge in [0.1, 0.15) is 6.17 Å². The SMILES string of the molecule is C=C(C1=NC=CCC1F)N(C)C=CC(C)OCC. The van der Waals surface area contributed by atoms with Crippen LogP contribution in [-0.2, 0) is 4.74 Å². The molecule has 0 N–H and O–H groups in total. The van der Waals surface area contributed by atoms with Crippen LogP contribution in [0.2, 0.25) is 0 Å². The molecule has 0 saturated carbocycles. The Bertz CT molecular complexity index is 374. The summed E-state index contributed by atoms with van der Waals surface area (Å²) in [5.41, 5.74) is 0.973. The first-order valence-corrected chi connectivity index (χ1v) is 6.15. The van der Waals surface area contributed by atoms with Crippen LogP contribution in [0.3, 0.4) is 0 Å². The fourth-order valence-electron chi connectivity index (χ4n) is 1.60. The number of halogens is 1. The second kappa shape index (κ2) is 7.11. The molecule has 0 radical (unpaired) electrons. The first-order chi connectivity index (χ1) is 8.56. The monoisotopic (exact) mass is 252 g/mol. The van der Waals surface area contributed by atoms with Crippen LogP contribution in [0.25, 0.3) is 0 Å². The maximum Gasteiger partial charge on any atom is 0.147 e. The van der Waals surface area contributed by atoms with Crippen molar-refractivity contribution in [1.82, 2.24) is 4.90 Å². The van der Waals surface area contributed by atoms with E-state index in [9.17, 15) is 4.39 Å². The summed E-state index contributed by atoms with van der Waals surface area (Å²) in [4.78, 5) is 5.81. The molecule has 1 rings (SSSR count). The largest absolute Gasteiger partial charge is 0.375 e. The van der Waals surface area contributed by atoms with Gasteiger partial charge in [-0.2, -0.15) is 0 Å². The molecule has 0 aromatic rings. The Labute approximate surface area is 108 Å². The lowest BCUT2D eigenvalue weighted by atomic mass is 10.1. The molecule has 0 aromatic carbocycles. The number of rotatable bonds is 6. The van der Waals surface area contributed by atoms with Gasteiger partial charge >= 0.3 is 0 Å². The van der Waals surface area contributed by atoms with Crippen LogP contribution < -0.4 is 0 Å². The van der Waals surface area contributed by atoms with Gasteiger partial charge in [-0.25, -0.2) is 4.39 Å². The van der Waals surface area contributed by atoms with Gasteiger partial charge in [-0.05, 0) is 19.9 Å². The van der Waals surface area contributed by atoms with E-state index in [1.807, 2.05) is 33.2 Å². The zero-order valence-electron chi connectivity index (χ0n) is 11.3. The first-order valence-electron chi connectivity index (χ1n) is 6.15. The van der Waals surface area contributed by atoms with E-state index in [1.54, 1.807) is 17.2 Å². The molecule has 0 amide bonds. The molecule has 1 heterocycles. The number of hydrogen-bond acceptors (Lipinski definition) is 3. The Kier molecular flexibility index (Phi) is 5.78. The average Bonchev–Trinajstić information content (AvgIpc) is 2.36. The Balaban J connectivity index is 2.61. The minimum Gasteiger partial charge on any atom is -0.375 e. The van der Waals surface area contributed by atoms with Crippen molar-refractivity contribution in [2.24, 2.45) is 4.99 Å². The second-order valence-electron chi connectivity index (χ2n) is 4.16. The molecular weight excluding hydrogens is 231 g/mol. The minimum atomic E-state index is -1.07. The molecule has 0 bridgehead atoms. The predicted octanol–water partition coefficient (Wildman–Crippen LogP) is 3.07. The van der Waals surface area contributed by atoms with Crippen molar-refractivity contribution in [2.45, 2.75) is 32.5 Å². The van der Waals surface area contributed by atoms with Crippen molar-refractivity contribution in [2.75, 3.05) is 13.7 Å². The summed E-state index contributed by atoms with van der Waals surface area (Å²) in [5, 5.41) is 0. The number of allylic oxidation sites excluding steroid dienone is 2. The van der Waals surface area contributed by atoms with Crippen molar-refractivity contribution in [3.05, 3.63) is 36.8 Å². The third-order valence-electron chi connectivity index (χ3n) is 2.69. The quantitative estimate of drug-likeness (QED) is 0.725. The minimum absolute atomic E-state index is 0.0274. The molecule has 3 nitrogen and oxygen atoms in total. The molecule has 0 aromatic heterocycles. The van der Waals surface area contributed by atoms with Gasteiger partial charge < -0.3 is 9.64 Å². The highest BCUT2D eigenvalue weighted by atomic mass is 19.1. The number of aliphatic imine (C=N–C) groups is 1. The van der Waals surface area contributed by atoms with Gasteiger partial charge in [0, 0.05) is 32.5 Å². The third kappa shape index (κ3) is 4.11. The average molecular weight is 252 g/mol. The van der Waals surface area contributed by atoms with Crippen LogP contribution in [0.4, 0.5) is 4.39 Å². The lowest BCUT2D eigenvalue weighted by molar-refractivity contribution is 0.109. The molecule has 0 fully saturated rings. The fraction of sp³-hybridized carbons (Fsp3) is 0.500. The zero-order chi connectivity index (χ0) is 13.5. The predicted molar refractivity (Wildman–Crippen MR) is 73.2 cm³/mol. The van der Waals surface area contributed by atoms with Crippen LogP contribution in [0.5, 0.6) is 0 Å². The molecular formula is C14H21FN2O. The van der Waals surface area contributed by atoms with Gasteiger partial charge in [0.05, 0.1) is 17.5 Å². The van der Waals surface area contributed by atoms with E-state index in [0.717, 1.165) is 0 Å². The van der Waals surface area contributed by atoms with Gasteiger partial charge in [0.25, 0.3) is 0 Å². The molecule has 0 aliphatic carbocycles. The van der Waals surface area contributed by atoms with Crippen LogP contribution in [0, 0.1) is 0 Å². The van der Waals surface area contributed by atoms with Gasteiger partial charge in [-0.3, -0.25) is 4.99 Å². The topological polar surface area (TPSA) is 24.8 Å². The van der Waals surface area contributed by atoms with Crippen molar-refractivity contribution < 1.29 is 9.13 Å². The van der Waals surface area contributed by atoms with Crippen LogP contribution >= 0.6 is 0 Å². The van der Waals surface area contributed by atoms with E-state index < -0.39 is 6.17 Å². The third-order valence-corrected chi connectivity index (χ3v) is 2.69. The summed E-state index contributed by atoms with van der Waals surface area (Å²) >= 11 is 0. The van der Waals surface area contributed by atoms with Crippen LogP contribution in [-0.4, -0.2) is 36.5 Å². The zero-order valence-corrected chi connectivity index (χ0v) is 11.3. The summed E-state index contributed by atoms with van der Waals surface area (Å²) in [6.45, 7) is 8.45. The van der Waals surface area contributed by atoms with Gasteiger partial charge in [0.2, 0.25) is 0 Å². The van der Waals surface area contributed by atoms with Crippen molar-refractivity contribution >= 4 is 5.71 Å². The van der Waals surface area contributed by atoms with E-state index in [-0.39, 0.29) is 6.10 Å². The van der Waals surface area contributed by atoms with Gasteiger partial charge in [0.15, 0.2) is 0 Å². The molecule has 1 aliphatic rings. The second-order valence-corrected chi connectivity index (χ2v) is 4.16. The van der Waals surface area contributed by atoms with E-state index in [2.05, 4.69) is 11.6 Å². The molecule has 100 valence electrons. The summed E-state index contributed by atoms with van der Waals surface area (Å²) < 4.78 is 19.0. The molecule has 2 unspecified atom stereocenters. The Hall–Kier alpha value is -1.42. The highest BCUT2D eigenvalue weighted by Gasteiger charge is 2.20. The van der Waals surface area contributed by atoms with E-state index in [4.69, 9.17) is 4.74 Å². The smallest absolute Gasteiger partial charge is 0.147 e. The van der Waals surface area contributed by atoms with E-state index in [0.29, 0.717) is 24.4 Å². The van der Waals surface area contributed by atoms with E-state index >= 15 is 0 Å². The Morgan fingerprint density at radius 1 is 1.78 bits per heavy atom. The fourth-order valence-corrected chi connectivity index (χ4v) is 1.60. The van der Waals surface area contributed by atoms with Crippen molar-refractivity contribution in [1.29, 1.82) is 0 Å². The molecule has 2 atom stereocenters. The Morgan fingerprint density at radius 3 is 3.11 bits per heavy atom. The lowest BCUT2D eigenvalue weighted by Gasteiger charge is -2.22. The highest BCUT2D eigenvalue weighted by molar-refractivity contribution is 6.03. The van der Waals surface area contributed by atoms with Crippen LogP contribution in [0.15, 0.2) is 41.8 Å². The first kappa shape index (κ1) is 14.6. The van der Waals surface area contributed by atoms with Crippen LogP contribution in [0.1, 0.15) is 20.3 Å². The summed E-state index contributed by atoms with van der Waals surface area (Å²) in [5.74, 6) is 0. The molecule has 0 saturated heterocycles. The molecule has 1 aliphatic heterocycles.